The molecule has 40 heteroatoms. The van der Waals surface area contributed by atoms with Gasteiger partial charge in [0.25, 0.3) is 0 Å². The van der Waals surface area contributed by atoms with E-state index in [1.807, 2.05) is 6.07 Å². The fraction of sp³-hybridized carbons (Fsp3) is 0.461. The quantitative estimate of drug-likeness (QED) is 0.0163. The number of unbranched alkanes of at least 4 members (excludes halogenated alkanes) is 1. The van der Waals surface area contributed by atoms with E-state index in [0.29, 0.717) is 38.7 Å². The molecule has 6 rings (SSSR count). The highest BCUT2D eigenvalue weighted by atomic mass is 32.2. The number of nitrogens with two attached hydrogens (primary N) is 7. The molecule has 0 radical (unpaired) electrons. The van der Waals surface area contributed by atoms with Gasteiger partial charge in [-0.15, -0.1) is 0 Å². The first kappa shape index (κ1) is 92.6. The third-order valence-electron chi connectivity index (χ3n) is 18.7. The molecule has 0 saturated carbocycles. The minimum absolute atomic E-state index is 0.102. The third-order valence-corrected chi connectivity index (χ3v) is 19.8. The number of hydrogen-bond donors (Lipinski definition) is 21. The second kappa shape index (κ2) is 45.6. The molecule has 0 spiro atoms. The van der Waals surface area contributed by atoms with Gasteiger partial charge >= 0.3 is 0 Å². The Morgan fingerprint density at radius 1 is 0.595 bits per heavy atom. The van der Waals surface area contributed by atoms with Crippen molar-refractivity contribution in [3.05, 3.63) is 114 Å². The predicted octanol–water partition coefficient (Wildman–Crippen LogP) is -5.65. The van der Waals surface area contributed by atoms with Crippen LogP contribution in [-0.4, -0.2) is 220 Å². The molecule has 5 aromatic rings. The van der Waals surface area contributed by atoms with E-state index < -0.39 is 236 Å². The molecule has 1 aliphatic rings. The number of H-pyrrole nitrogens is 1. The van der Waals surface area contributed by atoms with Crippen LogP contribution in [0.2, 0.25) is 0 Å². The van der Waals surface area contributed by atoms with Crippen molar-refractivity contribution in [2.45, 2.75) is 183 Å². The highest BCUT2D eigenvalue weighted by Gasteiger charge is 2.42. The zero-order valence-electron chi connectivity index (χ0n) is 64.5. The minimum Gasteiger partial charge on any atom is -0.492 e. The number of aliphatic hydroxyl groups is 1. The van der Waals surface area contributed by atoms with Crippen LogP contribution in [0.15, 0.2) is 97.2 Å². The van der Waals surface area contributed by atoms with E-state index in [1.165, 1.54) is 6.92 Å². The summed E-state index contributed by atoms with van der Waals surface area (Å²) in [5.74, 6) is -17.7. The highest BCUT2D eigenvalue weighted by Crippen LogP contribution is 2.24. The number of ether oxygens (including phenoxy) is 1. The van der Waals surface area contributed by atoms with E-state index >= 15 is 28.8 Å². The summed E-state index contributed by atoms with van der Waals surface area (Å²) in [7, 11) is 0. The Bertz CT molecular complexity index is 4370. The number of carbonyl (C=O) groups is 17. The molecule has 0 aliphatic carbocycles. The number of rotatable bonds is 39. The summed E-state index contributed by atoms with van der Waals surface area (Å²) >= 11 is 0.919. The van der Waals surface area contributed by atoms with Crippen LogP contribution in [0.3, 0.4) is 0 Å². The van der Waals surface area contributed by atoms with Gasteiger partial charge in [0, 0.05) is 74.8 Å². The average Bonchev–Trinajstić information content (AvgIpc) is 1.50. The highest BCUT2D eigenvalue weighted by molar-refractivity contribution is 7.99. The third kappa shape index (κ3) is 29.9. The van der Waals surface area contributed by atoms with Gasteiger partial charge in [-0.2, -0.15) is 11.8 Å². The second-order valence-corrected chi connectivity index (χ2v) is 29.3. The van der Waals surface area contributed by atoms with Gasteiger partial charge in [0.15, 0.2) is 0 Å². The summed E-state index contributed by atoms with van der Waals surface area (Å²) in [4.78, 5) is 239. The van der Waals surface area contributed by atoms with Crippen LogP contribution in [0.1, 0.15) is 108 Å². The number of primary amides is 5. The number of nitrogens with one attached hydrogen (secondary N) is 13. The van der Waals surface area contributed by atoms with Gasteiger partial charge in [-0.1, -0.05) is 72.8 Å². The van der Waals surface area contributed by atoms with Crippen molar-refractivity contribution in [2.75, 3.05) is 37.7 Å². The number of fused-ring (bicyclic) bond motifs is 2. The van der Waals surface area contributed by atoms with Gasteiger partial charge in [0.1, 0.15) is 78.3 Å². The SMILES string of the molecule is CC(=O)N[C@H]1CCSC[C@@H](C(=O)N[C@@H](Cc2ccc(OCCN)cc2)C(=O)N[C@@H](Cc2ccc3ccccc3c2)C(=O)N[C@@](C)(CCCCN)C(=O)N[C@@H](CCC(N)=O)C(=O)N[C@@H](CC(N)=O)C(=O)NCC(N)=O)NC(=O)[C@H](CCC(N)=O)NC(=O)[C@H](Cc2c[nH]c3ccccc23)NC(=O)[C@H]([C@@H](C)O)NC(=O)[C@H](CCC(N)=O)NC1=O. The summed E-state index contributed by atoms with van der Waals surface area (Å²) in [5, 5.41) is 43.5. The van der Waals surface area contributed by atoms with Gasteiger partial charge in [-0.25, -0.2) is 0 Å². The first-order valence-corrected chi connectivity index (χ1v) is 38.6. The van der Waals surface area contributed by atoms with Crippen LogP contribution >= 0.6 is 11.8 Å². The van der Waals surface area contributed by atoms with Gasteiger partial charge in [0.05, 0.1) is 19.1 Å². The summed E-state index contributed by atoms with van der Waals surface area (Å²) in [6, 6.07) is 8.31. The lowest BCUT2D eigenvalue weighted by atomic mass is 9.91. The maximum absolute atomic E-state index is 15.7. The summed E-state index contributed by atoms with van der Waals surface area (Å²) < 4.78 is 5.71. The number of aromatic amines is 1. The zero-order chi connectivity index (χ0) is 85.3. The molecule has 28 N–H and O–H groups in total. The van der Waals surface area contributed by atoms with Crippen molar-refractivity contribution >= 4 is 134 Å². The van der Waals surface area contributed by atoms with Crippen molar-refractivity contribution in [3.8, 4) is 5.75 Å². The molecule has 1 aliphatic heterocycles. The minimum atomic E-state index is -2.06. The molecule has 17 amide bonds. The molecule has 1 fully saturated rings. The molecule has 628 valence electrons. The van der Waals surface area contributed by atoms with Gasteiger partial charge in [0.2, 0.25) is 100 Å². The van der Waals surface area contributed by atoms with E-state index in [-0.39, 0.29) is 64.0 Å². The molecule has 116 heavy (non-hydrogen) atoms. The first-order chi connectivity index (χ1) is 55.1. The normalized spacial score (nSPS) is 18.9. The van der Waals surface area contributed by atoms with E-state index in [4.69, 9.17) is 44.9 Å². The standard InChI is InChI=1S/C76H104N20O19S/c1-40(97)64-74(113)92-56(35-46-37-84-49-13-7-6-12-48(46)49)71(110)88-50(20-23-59(79)99)66(105)93-58(39-116-31-26-53(86-41(2)98)68(107)87-51(69(108)95-64)21-24-60(80)100)72(111)89-54(33-42-15-18-47(19-16-42)115-30-29-78)70(109)90-55(34-43-14-17-44-10-4-5-11-45(44)32-43)73(112)96-76(3,27-8-9-28-77)75(114)94-52(22-25-61(81)101)67(106)91-57(36-62(82)102)65(104)85-38-63(83)103/h4-7,10-19,32,37,40,50-58,64,84,97H,8-9,20-31,33-36,38-39,77-78H2,1-3H3,(H2,79,99)(H2,80,100)(H2,81,101)(H2,82,102)(H2,83,103)(H,85,104)(H,86,98)(H,87,107)(H,88,110)(H,89,111)(H,90,109)(H,91,106)(H,92,113)(H,93,105)(H,94,114)(H,95,108)(H,96,112)/t40-,50+,51+,52+,53+,54+,55+,56+,57+,58+,64+,76+/m1/s1. The van der Waals surface area contributed by atoms with Crippen molar-refractivity contribution in [1.29, 1.82) is 0 Å². The smallest absolute Gasteiger partial charge is 0.246 e. The lowest BCUT2D eigenvalue weighted by Crippen LogP contribution is -2.64. The number of amides is 17. The molecular formula is C76H104N20O19S. The lowest BCUT2D eigenvalue weighted by molar-refractivity contribution is -0.138. The number of carbonyl (C=O) groups excluding carboxylic acids is 17. The zero-order valence-corrected chi connectivity index (χ0v) is 65.3. The Morgan fingerprint density at radius 3 is 1.81 bits per heavy atom. The van der Waals surface area contributed by atoms with Gasteiger partial charge < -0.3 is 119 Å². The Balaban J connectivity index is 1.46. The number of hydrogen-bond acceptors (Lipinski definition) is 22. The van der Waals surface area contributed by atoms with E-state index in [9.17, 15) is 57.8 Å². The van der Waals surface area contributed by atoms with Crippen molar-refractivity contribution in [2.24, 2.45) is 40.1 Å². The second-order valence-electron chi connectivity index (χ2n) is 28.2. The number of para-hydroxylation sites is 1. The monoisotopic (exact) mass is 1630 g/mol. The molecule has 0 unspecified atom stereocenters. The van der Waals surface area contributed by atoms with Crippen molar-refractivity contribution in [3.63, 3.8) is 0 Å². The van der Waals surface area contributed by atoms with Crippen LogP contribution in [-0.2, 0) is 101 Å². The molecule has 0 bridgehead atoms. The lowest BCUT2D eigenvalue weighted by Gasteiger charge is -2.34. The van der Waals surface area contributed by atoms with Crippen LogP contribution in [0.25, 0.3) is 21.7 Å². The van der Waals surface area contributed by atoms with Crippen LogP contribution in [0, 0.1) is 0 Å². The van der Waals surface area contributed by atoms with Crippen LogP contribution in [0.5, 0.6) is 5.75 Å². The molecule has 2 heterocycles. The molecule has 39 nitrogen and oxygen atoms in total. The van der Waals surface area contributed by atoms with Gasteiger partial charge in [-0.05, 0) is 117 Å². The Kier molecular flexibility index (Phi) is 36.4. The number of thioether (sulfide) groups is 1. The fourth-order valence-corrected chi connectivity index (χ4v) is 13.5. The summed E-state index contributed by atoms with van der Waals surface area (Å²) in [6.45, 7) is 3.19. The predicted molar refractivity (Wildman–Crippen MR) is 424 cm³/mol. The van der Waals surface area contributed by atoms with E-state index in [2.05, 4.69) is 68.8 Å². The summed E-state index contributed by atoms with van der Waals surface area (Å²) in [6.07, 6.45) is -5.23. The largest absolute Gasteiger partial charge is 0.492 e. The molecular weight excluding hydrogens is 1530 g/mol. The van der Waals surface area contributed by atoms with E-state index in [0.717, 1.165) is 31.0 Å². The molecule has 1 saturated heterocycles. The average molecular weight is 1630 g/mol. The number of benzene rings is 4. The molecule has 1 aromatic heterocycles. The number of aromatic nitrogens is 1. The van der Waals surface area contributed by atoms with E-state index in [1.54, 1.807) is 91.1 Å². The topological polar surface area (TPSA) is 662 Å². The molecule has 4 aromatic carbocycles. The first-order valence-electron chi connectivity index (χ1n) is 37.5. The van der Waals surface area contributed by atoms with Crippen LogP contribution < -0.4 is 109 Å². The van der Waals surface area contributed by atoms with Crippen molar-refractivity contribution in [1.82, 2.24) is 68.8 Å². The summed E-state index contributed by atoms with van der Waals surface area (Å²) in [5.41, 5.74) is 38.7. The Hall–Kier alpha value is -12.3. The number of aliphatic hydroxyl groups excluding tert-OH is 1. The molecule has 12 atom stereocenters. The van der Waals surface area contributed by atoms with Crippen molar-refractivity contribution < 1.29 is 91.4 Å². The fourth-order valence-electron chi connectivity index (χ4n) is 12.4. The van der Waals surface area contributed by atoms with Gasteiger partial charge in [-0.3, -0.25) is 81.5 Å². The maximum Gasteiger partial charge on any atom is 0.246 e. The Labute approximate surface area is 671 Å². The maximum atomic E-state index is 15.7. The van der Waals surface area contributed by atoms with Crippen LogP contribution in [0.4, 0.5) is 0 Å². The Morgan fingerprint density at radius 2 is 1.18 bits per heavy atom.